The van der Waals surface area contributed by atoms with Crippen LogP contribution in [0.25, 0.3) is 11.0 Å². The van der Waals surface area contributed by atoms with Gasteiger partial charge in [0.15, 0.2) is 0 Å². The third-order valence-corrected chi connectivity index (χ3v) is 5.29. The van der Waals surface area contributed by atoms with E-state index in [4.69, 9.17) is 14.5 Å². The quantitative estimate of drug-likeness (QED) is 0.543. The maximum Gasteiger partial charge on any atom is 0.227 e. The molecule has 1 atom stereocenters. The van der Waals surface area contributed by atoms with Crippen LogP contribution in [0.1, 0.15) is 32.0 Å². The largest absolute Gasteiger partial charge is 0.492 e. The first kappa shape index (κ1) is 19.5. The van der Waals surface area contributed by atoms with Crippen molar-refractivity contribution in [3.8, 4) is 5.75 Å². The topological polar surface area (TPSA) is 56.6 Å². The Morgan fingerprint density at radius 3 is 2.69 bits per heavy atom. The first-order valence-electron chi connectivity index (χ1n) is 10.3. The summed E-state index contributed by atoms with van der Waals surface area (Å²) in [7, 11) is 0. The molecule has 6 heteroatoms. The van der Waals surface area contributed by atoms with Gasteiger partial charge < -0.3 is 18.9 Å². The van der Waals surface area contributed by atoms with E-state index in [1.807, 2.05) is 61.2 Å². The number of fused-ring (bicyclic) bond motifs is 1. The van der Waals surface area contributed by atoms with Gasteiger partial charge in [-0.05, 0) is 38.1 Å². The number of nitrogens with zero attached hydrogens (tertiary/aromatic N) is 3. The maximum absolute atomic E-state index is 12.9. The van der Waals surface area contributed by atoms with Crippen molar-refractivity contribution in [2.75, 3.05) is 31.3 Å². The fraction of sp³-hybridized carbons (Fsp3) is 0.391. The Bertz CT molecular complexity index is 998. The Morgan fingerprint density at radius 1 is 1.07 bits per heavy atom. The highest BCUT2D eigenvalue weighted by Gasteiger charge is 2.35. The van der Waals surface area contributed by atoms with Gasteiger partial charge in [-0.1, -0.05) is 24.3 Å². The van der Waals surface area contributed by atoms with Crippen molar-refractivity contribution < 1.29 is 14.3 Å². The number of carbonyl (C=O) groups excluding carboxylic acids is 1. The van der Waals surface area contributed by atoms with Gasteiger partial charge in [0, 0.05) is 32.0 Å². The second-order valence-electron chi connectivity index (χ2n) is 7.11. The van der Waals surface area contributed by atoms with Crippen molar-refractivity contribution >= 4 is 22.6 Å². The van der Waals surface area contributed by atoms with Gasteiger partial charge in [0.2, 0.25) is 5.91 Å². The molecule has 1 aliphatic rings. The summed E-state index contributed by atoms with van der Waals surface area (Å²) < 4.78 is 13.5. The third-order valence-electron chi connectivity index (χ3n) is 5.29. The molecule has 0 saturated carbocycles. The molecule has 1 aliphatic heterocycles. The molecule has 4 rings (SSSR count). The summed E-state index contributed by atoms with van der Waals surface area (Å²) in [6.07, 6.45) is 0.443. The second-order valence-corrected chi connectivity index (χ2v) is 7.11. The summed E-state index contributed by atoms with van der Waals surface area (Å²) in [4.78, 5) is 19.6. The molecule has 6 nitrogen and oxygen atoms in total. The number of imidazole rings is 1. The van der Waals surface area contributed by atoms with E-state index in [1.54, 1.807) is 0 Å². The summed E-state index contributed by atoms with van der Waals surface area (Å²) in [5.74, 6) is 1.83. The average Bonchev–Trinajstić information content (AvgIpc) is 3.30. The summed E-state index contributed by atoms with van der Waals surface area (Å²) in [5, 5.41) is 0. The Kier molecular flexibility index (Phi) is 5.81. The van der Waals surface area contributed by atoms with Gasteiger partial charge in [-0.2, -0.15) is 0 Å². The minimum atomic E-state index is 0.0335. The number of ether oxygens (including phenoxy) is 2. The van der Waals surface area contributed by atoms with Crippen LogP contribution in [-0.4, -0.2) is 41.8 Å². The predicted molar refractivity (Wildman–Crippen MR) is 114 cm³/mol. The van der Waals surface area contributed by atoms with Crippen molar-refractivity contribution in [3.05, 3.63) is 54.4 Å². The molecule has 2 heterocycles. The first-order chi connectivity index (χ1) is 14.2. The Morgan fingerprint density at radius 2 is 1.86 bits per heavy atom. The molecule has 0 spiro atoms. The van der Waals surface area contributed by atoms with Gasteiger partial charge in [-0.15, -0.1) is 0 Å². The van der Waals surface area contributed by atoms with Gasteiger partial charge in [-0.3, -0.25) is 4.79 Å². The van der Waals surface area contributed by atoms with E-state index in [-0.39, 0.29) is 11.8 Å². The summed E-state index contributed by atoms with van der Waals surface area (Å²) in [5.41, 5.74) is 2.88. The van der Waals surface area contributed by atoms with Crippen molar-refractivity contribution in [1.29, 1.82) is 0 Å². The highest BCUT2D eigenvalue weighted by Crippen LogP contribution is 2.37. The van der Waals surface area contributed by atoms with E-state index in [0.29, 0.717) is 32.8 Å². The fourth-order valence-electron chi connectivity index (χ4n) is 4.01. The molecule has 1 unspecified atom stereocenters. The number of para-hydroxylation sites is 4. The maximum atomic E-state index is 12.9. The van der Waals surface area contributed by atoms with Crippen LogP contribution in [0.4, 0.5) is 5.69 Å². The van der Waals surface area contributed by atoms with E-state index in [0.717, 1.165) is 34.8 Å². The summed E-state index contributed by atoms with van der Waals surface area (Å²) in [6, 6.07) is 15.9. The molecule has 1 fully saturated rings. The minimum absolute atomic E-state index is 0.0335. The van der Waals surface area contributed by atoms with Crippen LogP contribution in [0, 0.1) is 0 Å². The molecule has 2 aromatic carbocycles. The molecule has 1 aromatic heterocycles. The summed E-state index contributed by atoms with van der Waals surface area (Å²) >= 11 is 0. The zero-order valence-corrected chi connectivity index (χ0v) is 17.0. The van der Waals surface area contributed by atoms with Crippen LogP contribution in [0.2, 0.25) is 0 Å². The van der Waals surface area contributed by atoms with Gasteiger partial charge >= 0.3 is 0 Å². The van der Waals surface area contributed by atoms with Crippen molar-refractivity contribution in [3.63, 3.8) is 0 Å². The Balaban J connectivity index is 1.65. The molecular weight excluding hydrogens is 366 g/mol. The fourth-order valence-corrected chi connectivity index (χ4v) is 4.01. The lowest BCUT2D eigenvalue weighted by Gasteiger charge is -2.20. The standard InChI is InChI=1S/C23H27N3O3/c1-3-28-14-13-25-19-10-6-5-9-18(19)24-23(25)17-15-22(27)26(16-17)20-11-7-8-12-21(20)29-4-2/h5-12,17H,3-4,13-16H2,1-2H3. The van der Waals surface area contributed by atoms with Crippen molar-refractivity contribution in [1.82, 2.24) is 9.55 Å². The van der Waals surface area contributed by atoms with Gasteiger partial charge in [0.25, 0.3) is 0 Å². The zero-order valence-electron chi connectivity index (χ0n) is 17.0. The van der Waals surface area contributed by atoms with Crippen LogP contribution in [0.5, 0.6) is 5.75 Å². The van der Waals surface area contributed by atoms with E-state index in [2.05, 4.69) is 10.6 Å². The molecule has 0 bridgehead atoms. The lowest BCUT2D eigenvalue weighted by atomic mass is 10.1. The van der Waals surface area contributed by atoms with Crippen molar-refractivity contribution in [2.24, 2.45) is 0 Å². The molecule has 0 aliphatic carbocycles. The molecule has 1 amide bonds. The first-order valence-corrected chi connectivity index (χ1v) is 10.3. The zero-order chi connectivity index (χ0) is 20.2. The smallest absolute Gasteiger partial charge is 0.227 e. The number of carbonyl (C=O) groups is 1. The minimum Gasteiger partial charge on any atom is -0.492 e. The normalized spacial score (nSPS) is 16.7. The third kappa shape index (κ3) is 3.85. The number of hydrogen-bond donors (Lipinski definition) is 0. The number of hydrogen-bond acceptors (Lipinski definition) is 4. The van der Waals surface area contributed by atoms with E-state index in [9.17, 15) is 4.79 Å². The molecule has 0 N–H and O–H groups in total. The Labute approximate surface area is 171 Å². The molecule has 3 aromatic rings. The van der Waals surface area contributed by atoms with E-state index < -0.39 is 0 Å². The number of aromatic nitrogens is 2. The summed E-state index contributed by atoms with van der Waals surface area (Å²) in [6.45, 7) is 7.15. The number of amides is 1. The highest BCUT2D eigenvalue weighted by molar-refractivity contribution is 5.97. The van der Waals surface area contributed by atoms with Crippen molar-refractivity contribution in [2.45, 2.75) is 32.7 Å². The number of anilines is 1. The van der Waals surface area contributed by atoms with E-state index in [1.165, 1.54) is 0 Å². The van der Waals surface area contributed by atoms with E-state index >= 15 is 0 Å². The van der Waals surface area contributed by atoms with Crippen LogP contribution < -0.4 is 9.64 Å². The lowest BCUT2D eigenvalue weighted by molar-refractivity contribution is -0.117. The molecule has 29 heavy (non-hydrogen) atoms. The number of benzene rings is 2. The SMILES string of the molecule is CCOCCn1c(C2CC(=O)N(c3ccccc3OCC)C2)nc2ccccc21. The molecular formula is C23H27N3O3. The molecule has 1 saturated heterocycles. The monoisotopic (exact) mass is 393 g/mol. The van der Waals surface area contributed by atoms with Gasteiger partial charge in [-0.25, -0.2) is 4.98 Å². The Hall–Kier alpha value is -2.86. The van der Waals surface area contributed by atoms with Crippen LogP contribution in [-0.2, 0) is 16.1 Å². The van der Waals surface area contributed by atoms with Crippen LogP contribution in [0.15, 0.2) is 48.5 Å². The highest BCUT2D eigenvalue weighted by atomic mass is 16.5. The number of rotatable bonds is 8. The lowest BCUT2D eigenvalue weighted by Crippen LogP contribution is -2.25. The predicted octanol–water partition coefficient (Wildman–Crippen LogP) is 3.99. The molecule has 0 radical (unpaired) electrons. The van der Waals surface area contributed by atoms with Gasteiger partial charge in [0.05, 0.1) is 29.9 Å². The average molecular weight is 393 g/mol. The van der Waals surface area contributed by atoms with Gasteiger partial charge in [0.1, 0.15) is 11.6 Å². The molecule has 152 valence electrons. The van der Waals surface area contributed by atoms with Crippen LogP contribution >= 0.6 is 0 Å². The second kappa shape index (κ2) is 8.66. The van der Waals surface area contributed by atoms with Crippen LogP contribution in [0.3, 0.4) is 0 Å².